The van der Waals surface area contributed by atoms with E-state index in [9.17, 15) is 9.59 Å². The van der Waals surface area contributed by atoms with Gasteiger partial charge in [-0.2, -0.15) is 0 Å². The van der Waals surface area contributed by atoms with Crippen LogP contribution in [0.3, 0.4) is 0 Å². The summed E-state index contributed by atoms with van der Waals surface area (Å²) in [6.45, 7) is 1.34. The zero-order valence-electron chi connectivity index (χ0n) is 8.06. The number of nitrogens with zero attached hydrogens (tertiary/aromatic N) is 1. The van der Waals surface area contributed by atoms with E-state index in [-0.39, 0.29) is 12.3 Å². The number of carbonyl (C=O) groups is 2. The summed E-state index contributed by atoms with van der Waals surface area (Å²) in [7, 11) is 0. The van der Waals surface area contributed by atoms with Crippen LogP contribution in [-0.4, -0.2) is 34.6 Å². The maximum absolute atomic E-state index is 11.3. The molecule has 15 heavy (non-hydrogen) atoms. The Labute approximate surface area is 85.3 Å². The van der Waals surface area contributed by atoms with Gasteiger partial charge in [-0.15, -0.1) is 0 Å². The van der Waals surface area contributed by atoms with Gasteiger partial charge in [-0.05, 0) is 6.92 Å². The van der Waals surface area contributed by atoms with E-state index < -0.39 is 17.9 Å². The molecular weight excluding hydrogens is 202 g/mol. The molecule has 0 aliphatic rings. The third-order valence-corrected chi connectivity index (χ3v) is 1.74. The molecule has 1 rings (SSSR count). The number of hydrogen-bond acceptors (Lipinski definition) is 5. The van der Waals surface area contributed by atoms with E-state index in [1.807, 2.05) is 0 Å². The minimum Gasteiger partial charge on any atom is -0.438 e. The van der Waals surface area contributed by atoms with Crippen LogP contribution < -0.4 is 11.1 Å². The molecule has 0 spiro atoms. The second-order valence-corrected chi connectivity index (χ2v) is 2.90. The molecule has 82 valence electrons. The normalized spacial score (nSPS) is 12.1. The summed E-state index contributed by atoms with van der Waals surface area (Å²) in [4.78, 5) is 25.5. The number of carbonyl (C=O) groups excluding carboxylic acids is 2. The van der Waals surface area contributed by atoms with Crippen LogP contribution in [0.1, 0.15) is 16.2 Å². The van der Waals surface area contributed by atoms with Gasteiger partial charge < -0.3 is 20.6 Å². The predicted molar refractivity (Wildman–Crippen MR) is 48.8 cm³/mol. The fraction of sp³-hybridized carbons (Fsp3) is 0.375. The number of nitrogens with one attached hydrogen (secondary N) is 1. The summed E-state index contributed by atoms with van der Waals surface area (Å²) < 4.78 is 4.80. The zero-order chi connectivity index (χ0) is 11.4. The van der Waals surface area contributed by atoms with Gasteiger partial charge in [-0.25, -0.2) is 4.98 Å². The number of hydrogen-bond donors (Lipinski definition) is 3. The van der Waals surface area contributed by atoms with Crippen LogP contribution in [0, 0.1) is 6.92 Å². The lowest BCUT2D eigenvalue weighted by Crippen LogP contribution is -2.40. The van der Waals surface area contributed by atoms with E-state index in [0.29, 0.717) is 5.69 Å². The maximum atomic E-state index is 11.3. The smallest absolute Gasteiger partial charge is 0.289 e. The molecule has 0 aromatic carbocycles. The van der Waals surface area contributed by atoms with E-state index in [0.717, 1.165) is 6.39 Å². The fourth-order valence-electron chi connectivity index (χ4n) is 0.890. The Balaban J connectivity index is 2.51. The lowest BCUT2D eigenvalue weighted by atomic mass is 10.3. The summed E-state index contributed by atoms with van der Waals surface area (Å²) in [5.74, 6) is -1.40. The summed E-state index contributed by atoms with van der Waals surface area (Å²) in [6.07, 6.45) is -0.272. The SMILES string of the molecule is Cc1ncoc1C(=O)NCC(O)C(N)=O. The van der Waals surface area contributed by atoms with Crippen molar-refractivity contribution in [2.45, 2.75) is 13.0 Å². The molecule has 0 bridgehead atoms. The van der Waals surface area contributed by atoms with Crippen LogP contribution in [0.15, 0.2) is 10.8 Å². The Bertz CT molecular complexity index is 374. The first-order chi connectivity index (χ1) is 7.02. The van der Waals surface area contributed by atoms with Crippen LogP contribution in [0.25, 0.3) is 0 Å². The number of amides is 2. The lowest BCUT2D eigenvalue weighted by molar-refractivity contribution is -0.125. The second-order valence-electron chi connectivity index (χ2n) is 2.90. The van der Waals surface area contributed by atoms with E-state index in [1.165, 1.54) is 0 Å². The number of oxazole rings is 1. The molecule has 2 amide bonds. The summed E-state index contributed by atoms with van der Waals surface area (Å²) >= 11 is 0. The first-order valence-corrected chi connectivity index (χ1v) is 4.18. The molecule has 1 unspecified atom stereocenters. The van der Waals surface area contributed by atoms with E-state index in [2.05, 4.69) is 10.3 Å². The van der Waals surface area contributed by atoms with Gasteiger partial charge in [0.15, 0.2) is 6.39 Å². The highest BCUT2D eigenvalue weighted by Crippen LogP contribution is 2.03. The fourth-order valence-corrected chi connectivity index (χ4v) is 0.890. The molecule has 0 fully saturated rings. The highest BCUT2D eigenvalue weighted by atomic mass is 16.3. The first-order valence-electron chi connectivity index (χ1n) is 4.18. The Kier molecular flexibility index (Phi) is 3.40. The minimum absolute atomic E-state index is 0.0478. The maximum Gasteiger partial charge on any atom is 0.289 e. The minimum atomic E-state index is -1.41. The highest BCUT2D eigenvalue weighted by Gasteiger charge is 2.16. The topological polar surface area (TPSA) is 118 Å². The largest absolute Gasteiger partial charge is 0.438 e. The van der Waals surface area contributed by atoms with E-state index >= 15 is 0 Å². The van der Waals surface area contributed by atoms with Gasteiger partial charge >= 0.3 is 0 Å². The van der Waals surface area contributed by atoms with E-state index in [4.69, 9.17) is 15.3 Å². The van der Waals surface area contributed by atoms with Crippen molar-refractivity contribution in [2.75, 3.05) is 6.54 Å². The standard InChI is InChI=1S/C8H11N3O4/c1-4-6(15-3-11-4)8(14)10-2-5(12)7(9)13/h3,5,12H,2H2,1H3,(H2,9,13)(H,10,14). The van der Waals surface area contributed by atoms with Crippen LogP contribution in [0.4, 0.5) is 0 Å². The summed E-state index contributed by atoms with van der Waals surface area (Å²) in [6, 6.07) is 0. The number of aliphatic hydroxyl groups is 1. The van der Waals surface area contributed by atoms with Gasteiger partial charge in [-0.3, -0.25) is 9.59 Å². The number of nitrogens with two attached hydrogens (primary N) is 1. The molecule has 4 N–H and O–H groups in total. The van der Waals surface area contributed by atoms with Crippen molar-refractivity contribution in [3.8, 4) is 0 Å². The van der Waals surface area contributed by atoms with Crippen molar-refractivity contribution < 1.29 is 19.1 Å². The predicted octanol–water partition coefficient (Wildman–Crippen LogP) is -1.44. The third kappa shape index (κ3) is 2.78. The first kappa shape index (κ1) is 11.2. The Morgan fingerprint density at radius 2 is 2.40 bits per heavy atom. The van der Waals surface area contributed by atoms with Crippen molar-refractivity contribution in [3.63, 3.8) is 0 Å². The van der Waals surface area contributed by atoms with Gasteiger partial charge in [0.05, 0.1) is 12.2 Å². The average molecular weight is 213 g/mol. The number of aromatic nitrogens is 1. The molecule has 1 aromatic heterocycles. The van der Waals surface area contributed by atoms with Gasteiger partial charge in [0.1, 0.15) is 6.10 Å². The third-order valence-electron chi connectivity index (χ3n) is 1.74. The lowest BCUT2D eigenvalue weighted by Gasteiger charge is -2.06. The van der Waals surface area contributed by atoms with Crippen LogP contribution in [0.5, 0.6) is 0 Å². The monoisotopic (exact) mass is 213 g/mol. The second kappa shape index (κ2) is 4.56. The molecule has 7 heteroatoms. The average Bonchev–Trinajstić information content (AvgIpc) is 2.60. The molecule has 0 saturated carbocycles. The summed E-state index contributed by atoms with van der Waals surface area (Å²) in [5, 5.41) is 11.3. The molecule has 0 saturated heterocycles. The quantitative estimate of drug-likeness (QED) is 0.566. The zero-order valence-corrected chi connectivity index (χ0v) is 8.06. The van der Waals surface area contributed by atoms with Crippen molar-refractivity contribution >= 4 is 11.8 Å². The van der Waals surface area contributed by atoms with Gasteiger partial charge in [0, 0.05) is 0 Å². The Hall–Kier alpha value is -1.89. The van der Waals surface area contributed by atoms with Crippen molar-refractivity contribution in [2.24, 2.45) is 5.73 Å². The van der Waals surface area contributed by atoms with Crippen LogP contribution in [-0.2, 0) is 4.79 Å². The van der Waals surface area contributed by atoms with Gasteiger partial charge in [-0.1, -0.05) is 0 Å². The van der Waals surface area contributed by atoms with Gasteiger partial charge in [0.25, 0.3) is 5.91 Å². The summed E-state index contributed by atoms with van der Waals surface area (Å²) in [5.41, 5.74) is 5.23. The van der Waals surface area contributed by atoms with Crippen molar-refractivity contribution in [1.29, 1.82) is 0 Å². The number of aryl methyl sites for hydroxylation is 1. The molecule has 7 nitrogen and oxygen atoms in total. The Morgan fingerprint density at radius 3 is 2.87 bits per heavy atom. The van der Waals surface area contributed by atoms with E-state index in [1.54, 1.807) is 6.92 Å². The number of primary amides is 1. The van der Waals surface area contributed by atoms with Crippen molar-refractivity contribution in [3.05, 3.63) is 17.8 Å². The Morgan fingerprint density at radius 1 is 1.73 bits per heavy atom. The van der Waals surface area contributed by atoms with Gasteiger partial charge in [0.2, 0.25) is 11.7 Å². The highest BCUT2D eigenvalue weighted by molar-refractivity contribution is 5.92. The number of rotatable bonds is 4. The molecule has 0 radical (unpaired) electrons. The van der Waals surface area contributed by atoms with Crippen molar-refractivity contribution in [1.82, 2.24) is 10.3 Å². The molecule has 1 aromatic rings. The molecular formula is C8H11N3O4. The van der Waals surface area contributed by atoms with Crippen LogP contribution >= 0.6 is 0 Å². The molecule has 1 atom stereocenters. The van der Waals surface area contributed by atoms with Crippen LogP contribution in [0.2, 0.25) is 0 Å². The number of aliphatic hydroxyl groups excluding tert-OH is 1. The molecule has 1 heterocycles. The molecule has 0 aliphatic carbocycles. The molecule has 0 aliphatic heterocycles.